The van der Waals surface area contributed by atoms with Gasteiger partial charge in [0.25, 0.3) is 0 Å². The highest BCUT2D eigenvalue weighted by Gasteiger charge is 2.08. The maximum Gasteiger partial charge on any atom is 0.225 e. The number of benzene rings is 1. The number of hydrogen-bond acceptors (Lipinski definition) is 5. The van der Waals surface area contributed by atoms with Gasteiger partial charge in [0.2, 0.25) is 5.88 Å². The van der Waals surface area contributed by atoms with E-state index < -0.39 is 11.6 Å². The van der Waals surface area contributed by atoms with Crippen LogP contribution in [-0.4, -0.2) is 22.8 Å². The molecule has 0 aliphatic carbocycles. The number of hydrogen-bond donors (Lipinski definition) is 1. The van der Waals surface area contributed by atoms with Gasteiger partial charge in [-0.15, -0.1) is 0 Å². The van der Waals surface area contributed by atoms with E-state index in [2.05, 4.69) is 15.3 Å². The van der Waals surface area contributed by atoms with E-state index in [0.29, 0.717) is 11.0 Å². The van der Waals surface area contributed by atoms with Crippen LogP contribution in [0.25, 0.3) is 0 Å². The quantitative estimate of drug-likeness (QED) is 0.643. The lowest BCUT2D eigenvalue weighted by molar-refractivity contribution is 0.445. The second kappa shape index (κ2) is 7.21. The van der Waals surface area contributed by atoms with Crippen molar-refractivity contribution in [2.45, 2.75) is 18.5 Å². The number of nitrogens with one attached hydrogen (secondary N) is 1. The van der Waals surface area contributed by atoms with E-state index in [4.69, 9.17) is 4.74 Å². The normalized spacial score (nSPS) is 10.5. The third kappa shape index (κ3) is 4.56. The molecule has 7 heteroatoms. The molecule has 21 heavy (non-hydrogen) atoms. The smallest absolute Gasteiger partial charge is 0.225 e. The molecule has 1 aromatic heterocycles. The molecular weight excluding hydrogens is 296 g/mol. The van der Waals surface area contributed by atoms with Crippen molar-refractivity contribution in [3.8, 4) is 11.6 Å². The van der Waals surface area contributed by atoms with Gasteiger partial charge in [0.15, 0.2) is 5.16 Å². The van der Waals surface area contributed by atoms with Gasteiger partial charge in [-0.2, -0.15) is 4.98 Å². The zero-order valence-electron chi connectivity index (χ0n) is 11.7. The Morgan fingerprint density at radius 1 is 1.14 bits per heavy atom. The Bertz CT molecular complexity index is 605. The zero-order chi connectivity index (χ0) is 15.2. The number of thioether (sulfide) groups is 1. The molecule has 1 N–H and O–H groups in total. The Morgan fingerprint density at radius 2 is 1.86 bits per heavy atom. The van der Waals surface area contributed by atoms with Crippen molar-refractivity contribution in [1.82, 2.24) is 9.97 Å². The number of anilines is 1. The van der Waals surface area contributed by atoms with Crippen LogP contribution in [0.3, 0.4) is 0 Å². The summed E-state index contributed by atoms with van der Waals surface area (Å²) in [5.74, 6) is -0.498. The van der Waals surface area contributed by atoms with Crippen molar-refractivity contribution < 1.29 is 13.5 Å². The van der Waals surface area contributed by atoms with Crippen LogP contribution in [0.15, 0.2) is 29.4 Å². The van der Waals surface area contributed by atoms with Gasteiger partial charge >= 0.3 is 0 Å². The predicted octanol–water partition coefficient (Wildman–Crippen LogP) is 4.09. The standard InChI is InChI=1S/C14H15F2N3OS/c1-3-4-17-12-8-13(19-14(18-12)21-2)20-11-6-9(15)5-10(16)7-11/h5-8H,3-4H2,1-2H3,(H,17,18,19). The highest BCUT2D eigenvalue weighted by Crippen LogP contribution is 2.25. The summed E-state index contributed by atoms with van der Waals surface area (Å²) in [6.45, 7) is 2.80. The van der Waals surface area contributed by atoms with Crippen LogP contribution < -0.4 is 10.1 Å². The minimum absolute atomic E-state index is 0.0553. The van der Waals surface area contributed by atoms with Crippen LogP contribution in [0, 0.1) is 11.6 Å². The van der Waals surface area contributed by atoms with Gasteiger partial charge in [0.1, 0.15) is 23.2 Å². The first-order valence-corrected chi connectivity index (χ1v) is 7.64. The van der Waals surface area contributed by atoms with Crippen LogP contribution in [0.1, 0.15) is 13.3 Å². The van der Waals surface area contributed by atoms with E-state index in [1.165, 1.54) is 11.8 Å². The average molecular weight is 311 g/mol. The van der Waals surface area contributed by atoms with Gasteiger partial charge in [-0.3, -0.25) is 0 Å². The molecule has 0 atom stereocenters. The monoisotopic (exact) mass is 311 g/mol. The van der Waals surface area contributed by atoms with E-state index in [0.717, 1.165) is 31.2 Å². The van der Waals surface area contributed by atoms with Crippen molar-refractivity contribution >= 4 is 17.6 Å². The molecule has 1 aromatic carbocycles. The van der Waals surface area contributed by atoms with E-state index >= 15 is 0 Å². The third-order valence-electron chi connectivity index (χ3n) is 2.48. The van der Waals surface area contributed by atoms with Gasteiger partial charge in [-0.1, -0.05) is 18.7 Å². The largest absolute Gasteiger partial charge is 0.439 e. The number of ether oxygens (including phenoxy) is 1. The summed E-state index contributed by atoms with van der Waals surface area (Å²) in [6.07, 6.45) is 2.79. The summed E-state index contributed by atoms with van der Waals surface area (Å²) >= 11 is 1.36. The first kappa shape index (κ1) is 15.5. The number of nitrogens with zero attached hydrogens (tertiary/aromatic N) is 2. The van der Waals surface area contributed by atoms with Gasteiger partial charge in [-0.25, -0.2) is 13.8 Å². The molecule has 2 rings (SSSR count). The van der Waals surface area contributed by atoms with Gasteiger partial charge in [0.05, 0.1) is 0 Å². The van der Waals surface area contributed by atoms with Gasteiger partial charge < -0.3 is 10.1 Å². The summed E-state index contributed by atoms with van der Waals surface area (Å²) in [6, 6.07) is 4.58. The maximum atomic E-state index is 13.2. The first-order chi connectivity index (χ1) is 10.1. The second-order valence-corrected chi connectivity index (χ2v) is 4.99. The summed E-state index contributed by atoms with van der Waals surface area (Å²) < 4.78 is 31.7. The van der Waals surface area contributed by atoms with Crippen LogP contribution in [0.2, 0.25) is 0 Å². The fraction of sp³-hybridized carbons (Fsp3) is 0.286. The Morgan fingerprint density at radius 3 is 2.48 bits per heavy atom. The molecule has 0 aliphatic rings. The molecule has 0 saturated carbocycles. The van der Waals surface area contributed by atoms with E-state index in [-0.39, 0.29) is 11.6 Å². The Kier molecular flexibility index (Phi) is 5.32. The average Bonchev–Trinajstić information content (AvgIpc) is 2.43. The van der Waals surface area contributed by atoms with Crippen molar-refractivity contribution in [3.05, 3.63) is 35.9 Å². The number of aromatic nitrogens is 2. The Labute approximate surface area is 126 Å². The van der Waals surface area contributed by atoms with Crippen LogP contribution in [0.4, 0.5) is 14.6 Å². The molecule has 1 heterocycles. The molecule has 0 spiro atoms. The predicted molar refractivity (Wildman–Crippen MR) is 79.0 cm³/mol. The van der Waals surface area contributed by atoms with Crippen LogP contribution >= 0.6 is 11.8 Å². The van der Waals surface area contributed by atoms with Crippen molar-refractivity contribution in [2.75, 3.05) is 18.1 Å². The first-order valence-electron chi connectivity index (χ1n) is 6.41. The minimum Gasteiger partial charge on any atom is -0.439 e. The van der Waals surface area contributed by atoms with Crippen molar-refractivity contribution in [2.24, 2.45) is 0 Å². The highest BCUT2D eigenvalue weighted by atomic mass is 32.2. The molecule has 0 unspecified atom stereocenters. The second-order valence-electron chi connectivity index (χ2n) is 4.21. The molecule has 112 valence electrons. The fourth-order valence-electron chi connectivity index (χ4n) is 1.60. The molecule has 0 bridgehead atoms. The Hall–Kier alpha value is -1.89. The van der Waals surface area contributed by atoms with E-state index in [1.807, 2.05) is 13.2 Å². The third-order valence-corrected chi connectivity index (χ3v) is 3.03. The maximum absolute atomic E-state index is 13.2. The van der Waals surface area contributed by atoms with Crippen molar-refractivity contribution in [1.29, 1.82) is 0 Å². The molecule has 0 saturated heterocycles. The fourth-order valence-corrected chi connectivity index (χ4v) is 1.97. The Balaban J connectivity index is 2.25. The van der Waals surface area contributed by atoms with Gasteiger partial charge in [-0.05, 0) is 12.7 Å². The van der Waals surface area contributed by atoms with Crippen LogP contribution in [-0.2, 0) is 0 Å². The molecule has 0 amide bonds. The summed E-state index contributed by atoms with van der Waals surface area (Å²) in [7, 11) is 0. The number of halogens is 2. The lowest BCUT2D eigenvalue weighted by Gasteiger charge is -2.09. The molecule has 4 nitrogen and oxygen atoms in total. The molecule has 2 aromatic rings. The topological polar surface area (TPSA) is 47.0 Å². The lowest BCUT2D eigenvalue weighted by Crippen LogP contribution is -2.04. The molecule has 0 radical (unpaired) electrons. The lowest BCUT2D eigenvalue weighted by atomic mass is 10.3. The molecule has 0 fully saturated rings. The molecular formula is C14H15F2N3OS. The SMILES string of the molecule is CCCNc1cc(Oc2cc(F)cc(F)c2)nc(SC)n1. The number of rotatable bonds is 6. The van der Waals surface area contributed by atoms with Crippen LogP contribution in [0.5, 0.6) is 11.6 Å². The minimum atomic E-state index is -0.700. The summed E-state index contributed by atoms with van der Waals surface area (Å²) in [5, 5.41) is 3.64. The van der Waals surface area contributed by atoms with Crippen molar-refractivity contribution in [3.63, 3.8) is 0 Å². The van der Waals surface area contributed by atoms with Gasteiger partial charge in [0, 0.05) is 30.8 Å². The summed E-state index contributed by atoms with van der Waals surface area (Å²) in [5.41, 5.74) is 0. The zero-order valence-corrected chi connectivity index (χ0v) is 12.5. The van der Waals surface area contributed by atoms with E-state index in [9.17, 15) is 8.78 Å². The van der Waals surface area contributed by atoms with E-state index in [1.54, 1.807) is 6.07 Å². The molecule has 0 aliphatic heterocycles. The highest BCUT2D eigenvalue weighted by molar-refractivity contribution is 7.98. The summed E-state index contributed by atoms with van der Waals surface area (Å²) in [4.78, 5) is 8.44.